The Balaban J connectivity index is 2.46. The molecule has 6 heteroatoms. The predicted octanol–water partition coefficient (Wildman–Crippen LogP) is 3.05. The number of aryl methyl sites for hydroxylation is 1. The summed E-state index contributed by atoms with van der Waals surface area (Å²) in [5.74, 6) is -0.230. The first-order chi connectivity index (χ1) is 10.1. The van der Waals surface area contributed by atoms with E-state index in [1.165, 1.54) is 6.07 Å². The van der Waals surface area contributed by atoms with Crippen LogP contribution >= 0.6 is 15.9 Å². The molecule has 4 nitrogen and oxygen atoms in total. The number of hydrogen-bond donors (Lipinski definition) is 1. The van der Waals surface area contributed by atoms with E-state index in [1.807, 2.05) is 24.7 Å². The molecule has 0 radical (unpaired) electrons. The van der Waals surface area contributed by atoms with E-state index in [0.29, 0.717) is 18.7 Å². The summed E-state index contributed by atoms with van der Waals surface area (Å²) in [5, 5.41) is 7.50. The van der Waals surface area contributed by atoms with Gasteiger partial charge in [-0.05, 0) is 36.0 Å². The number of rotatable bonds is 6. The molecule has 1 N–H and O–H groups in total. The third-order valence-electron chi connectivity index (χ3n) is 3.37. The Morgan fingerprint density at radius 2 is 2.24 bits per heavy atom. The van der Waals surface area contributed by atoms with E-state index in [9.17, 15) is 4.39 Å². The van der Waals surface area contributed by atoms with E-state index in [2.05, 4.69) is 26.3 Å². The summed E-state index contributed by atoms with van der Waals surface area (Å²) in [7, 11) is 3.46. The lowest BCUT2D eigenvalue weighted by molar-refractivity contribution is 0.182. The van der Waals surface area contributed by atoms with Crippen molar-refractivity contribution in [1.82, 2.24) is 15.1 Å². The Kier molecular flexibility index (Phi) is 5.50. The molecule has 114 valence electrons. The zero-order valence-electron chi connectivity index (χ0n) is 12.4. The molecule has 0 spiro atoms. The van der Waals surface area contributed by atoms with E-state index < -0.39 is 0 Å². The zero-order chi connectivity index (χ0) is 15.4. The highest BCUT2D eigenvalue weighted by Gasteiger charge is 2.23. The van der Waals surface area contributed by atoms with Gasteiger partial charge >= 0.3 is 0 Å². The molecule has 1 aromatic heterocycles. The third-order valence-corrected chi connectivity index (χ3v) is 3.98. The number of ether oxygens (including phenoxy) is 1. The summed E-state index contributed by atoms with van der Waals surface area (Å²) in [4.78, 5) is 0. The lowest BCUT2D eigenvalue weighted by atomic mass is 10.0. The van der Waals surface area contributed by atoms with Crippen molar-refractivity contribution in [3.8, 4) is 0 Å². The van der Waals surface area contributed by atoms with Crippen LogP contribution in [0.4, 0.5) is 4.39 Å². The molecule has 0 aliphatic rings. The lowest BCUT2D eigenvalue weighted by Gasteiger charge is -2.20. The molecule has 1 aromatic carbocycles. The van der Waals surface area contributed by atoms with Crippen molar-refractivity contribution in [2.45, 2.75) is 19.5 Å². The average molecular weight is 356 g/mol. The van der Waals surface area contributed by atoms with Crippen LogP contribution in [0.1, 0.15) is 22.9 Å². The molecule has 2 rings (SSSR count). The number of hydrogen-bond acceptors (Lipinski definition) is 3. The van der Waals surface area contributed by atoms with Crippen molar-refractivity contribution in [3.05, 3.63) is 51.5 Å². The molecule has 2 aromatic rings. The van der Waals surface area contributed by atoms with Gasteiger partial charge in [-0.15, -0.1) is 0 Å². The minimum atomic E-state index is -0.279. The number of halogens is 2. The predicted molar refractivity (Wildman–Crippen MR) is 83.8 cm³/mol. The molecule has 0 saturated carbocycles. The van der Waals surface area contributed by atoms with Crippen LogP contribution < -0.4 is 5.32 Å². The van der Waals surface area contributed by atoms with Gasteiger partial charge in [-0.2, -0.15) is 5.10 Å². The van der Waals surface area contributed by atoms with E-state index in [4.69, 9.17) is 4.74 Å². The monoisotopic (exact) mass is 355 g/mol. The van der Waals surface area contributed by atoms with Gasteiger partial charge in [0.2, 0.25) is 0 Å². The Hall–Kier alpha value is -1.24. The van der Waals surface area contributed by atoms with Gasteiger partial charge in [-0.1, -0.05) is 17.7 Å². The van der Waals surface area contributed by atoms with E-state index in [-0.39, 0.29) is 11.9 Å². The highest BCUT2D eigenvalue weighted by molar-refractivity contribution is 9.10. The minimum Gasteiger partial charge on any atom is -0.383 e. The molecule has 0 saturated heterocycles. The molecule has 21 heavy (non-hydrogen) atoms. The summed E-state index contributed by atoms with van der Waals surface area (Å²) in [5.41, 5.74) is 2.52. The molecule has 1 unspecified atom stereocenters. The molecular formula is C15H19BrFN3O. The van der Waals surface area contributed by atoms with Crippen molar-refractivity contribution < 1.29 is 9.13 Å². The lowest BCUT2D eigenvalue weighted by Crippen LogP contribution is -2.24. The van der Waals surface area contributed by atoms with Gasteiger partial charge in [0.25, 0.3) is 0 Å². The van der Waals surface area contributed by atoms with Crippen LogP contribution in [0.5, 0.6) is 0 Å². The van der Waals surface area contributed by atoms with Crippen LogP contribution in [-0.2, 0) is 11.3 Å². The second-order valence-electron chi connectivity index (χ2n) is 4.84. The maximum atomic E-state index is 14.2. The zero-order valence-corrected chi connectivity index (χ0v) is 13.9. The van der Waals surface area contributed by atoms with Crippen molar-refractivity contribution >= 4 is 15.9 Å². The first-order valence-corrected chi connectivity index (χ1v) is 7.51. The number of benzene rings is 1. The molecule has 0 aliphatic heterocycles. The van der Waals surface area contributed by atoms with Gasteiger partial charge in [0, 0.05) is 12.7 Å². The molecule has 0 aliphatic carbocycles. The second-order valence-corrected chi connectivity index (χ2v) is 5.69. The van der Waals surface area contributed by atoms with Crippen molar-refractivity contribution in [3.63, 3.8) is 0 Å². The Morgan fingerprint density at radius 3 is 2.90 bits per heavy atom. The van der Waals surface area contributed by atoms with Gasteiger partial charge in [0.05, 0.1) is 35.6 Å². The third kappa shape index (κ3) is 3.51. The van der Waals surface area contributed by atoms with Gasteiger partial charge in [-0.3, -0.25) is 4.68 Å². The van der Waals surface area contributed by atoms with E-state index >= 15 is 0 Å². The molecule has 0 bridgehead atoms. The van der Waals surface area contributed by atoms with Crippen LogP contribution in [-0.4, -0.2) is 30.5 Å². The number of methoxy groups -OCH3 is 1. The fourth-order valence-corrected chi connectivity index (χ4v) is 2.86. The standard InChI is InChI=1S/C15H19BrFN3O/c1-10-4-5-13(17)11(8-10)14(18-2)15-12(16)9-19-20(15)6-7-21-3/h4-5,8-9,14,18H,6-7H2,1-3H3. The van der Waals surface area contributed by atoms with Gasteiger partial charge in [-0.25, -0.2) is 4.39 Å². The van der Waals surface area contributed by atoms with Crippen LogP contribution in [0.3, 0.4) is 0 Å². The summed E-state index contributed by atoms with van der Waals surface area (Å²) in [6, 6.07) is 4.84. The van der Waals surface area contributed by atoms with E-state index in [1.54, 1.807) is 19.4 Å². The molecular weight excluding hydrogens is 337 g/mol. The summed E-state index contributed by atoms with van der Waals surface area (Å²) in [6.45, 7) is 3.11. The first kappa shape index (κ1) is 16.1. The Morgan fingerprint density at radius 1 is 1.48 bits per heavy atom. The SMILES string of the molecule is CNC(c1cc(C)ccc1F)c1c(Br)cnn1CCOC. The molecule has 0 fully saturated rings. The Labute approximate surface area is 132 Å². The summed E-state index contributed by atoms with van der Waals surface area (Å²) >= 11 is 3.50. The maximum Gasteiger partial charge on any atom is 0.128 e. The summed E-state index contributed by atoms with van der Waals surface area (Å²) in [6.07, 6.45) is 1.73. The number of nitrogens with one attached hydrogen (secondary N) is 1. The van der Waals surface area contributed by atoms with Gasteiger partial charge in [0.15, 0.2) is 0 Å². The normalized spacial score (nSPS) is 12.6. The van der Waals surface area contributed by atoms with Gasteiger partial charge < -0.3 is 10.1 Å². The Bertz CT molecular complexity index is 615. The average Bonchev–Trinajstić information content (AvgIpc) is 2.83. The van der Waals surface area contributed by atoms with Crippen LogP contribution in [0, 0.1) is 12.7 Å². The topological polar surface area (TPSA) is 39.1 Å². The fraction of sp³-hybridized carbons (Fsp3) is 0.400. The highest BCUT2D eigenvalue weighted by atomic mass is 79.9. The number of nitrogens with zero attached hydrogens (tertiary/aromatic N) is 2. The van der Waals surface area contributed by atoms with Crippen LogP contribution in [0.2, 0.25) is 0 Å². The smallest absolute Gasteiger partial charge is 0.128 e. The van der Waals surface area contributed by atoms with Crippen molar-refractivity contribution in [2.24, 2.45) is 0 Å². The molecule has 0 amide bonds. The van der Waals surface area contributed by atoms with Crippen molar-refractivity contribution in [1.29, 1.82) is 0 Å². The minimum absolute atomic E-state index is 0.230. The highest BCUT2D eigenvalue weighted by Crippen LogP contribution is 2.30. The quantitative estimate of drug-likeness (QED) is 0.865. The van der Waals surface area contributed by atoms with Crippen molar-refractivity contribution in [2.75, 3.05) is 20.8 Å². The first-order valence-electron chi connectivity index (χ1n) is 6.72. The largest absolute Gasteiger partial charge is 0.383 e. The van der Waals surface area contributed by atoms with Crippen LogP contribution in [0.15, 0.2) is 28.9 Å². The molecule has 1 heterocycles. The second kappa shape index (κ2) is 7.15. The van der Waals surface area contributed by atoms with E-state index in [0.717, 1.165) is 15.7 Å². The van der Waals surface area contributed by atoms with Gasteiger partial charge in [0.1, 0.15) is 5.82 Å². The fourth-order valence-electron chi connectivity index (χ4n) is 2.34. The number of aromatic nitrogens is 2. The summed E-state index contributed by atoms with van der Waals surface area (Å²) < 4.78 is 22.0. The maximum absolute atomic E-state index is 14.2. The molecule has 1 atom stereocenters. The van der Waals surface area contributed by atoms with Crippen LogP contribution in [0.25, 0.3) is 0 Å².